The molecule has 3 nitrogen and oxygen atoms in total. The Morgan fingerprint density at radius 3 is 1.26 bits per heavy atom. The van der Waals surface area contributed by atoms with Gasteiger partial charge in [-0.3, -0.25) is 0 Å². The molecule has 0 heterocycles. The molecule has 232 valence electrons. The average molecular weight is 775 g/mol. The fourth-order valence-corrected chi connectivity index (χ4v) is 5.94. The molecule has 0 aliphatic heterocycles. The predicted molar refractivity (Wildman–Crippen MR) is 189 cm³/mol. The van der Waals surface area contributed by atoms with E-state index in [4.69, 9.17) is 14.2 Å². The normalized spacial score (nSPS) is 13.6. The lowest BCUT2D eigenvalue weighted by Crippen LogP contribution is -2.10. The van der Waals surface area contributed by atoms with Crippen LogP contribution in [0.2, 0.25) is 0 Å². The lowest BCUT2D eigenvalue weighted by atomic mass is 9.99. The Hall–Kier alpha value is 0.820. The predicted octanol–water partition coefficient (Wildman–Crippen LogP) is 12.0. The van der Waals surface area contributed by atoms with Crippen molar-refractivity contribution < 1.29 is 14.2 Å². The number of ether oxygens (including phenoxy) is 3. The lowest BCUT2D eigenvalue weighted by Gasteiger charge is -2.13. The summed E-state index contributed by atoms with van der Waals surface area (Å²) in [6.07, 6.45) is 35.8. The van der Waals surface area contributed by atoms with Crippen molar-refractivity contribution >= 4 is 45.2 Å². The van der Waals surface area contributed by atoms with Crippen LogP contribution >= 0.6 is 45.2 Å². The number of unbranched alkanes of at least 4 members (excludes halogenated alkanes) is 12. The molecule has 0 N–H and O–H groups in total. The monoisotopic (exact) mass is 774 g/mol. The first-order valence-electron chi connectivity index (χ1n) is 16.5. The van der Waals surface area contributed by atoms with Crippen molar-refractivity contribution in [2.75, 3.05) is 35.7 Å². The molecule has 0 aromatic carbocycles. The van der Waals surface area contributed by atoms with Gasteiger partial charge >= 0.3 is 0 Å². The second-order valence-electron chi connectivity index (χ2n) is 11.0. The summed E-state index contributed by atoms with van der Waals surface area (Å²) in [4.78, 5) is 0. The van der Waals surface area contributed by atoms with Crippen LogP contribution in [0.1, 0.15) is 142 Å². The van der Waals surface area contributed by atoms with Gasteiger partial charge in [0.25, 0.3) is 0 Å². The zero-order chi connectivity index (χ0) is 28.5. The maximum Gasteiger partial charge on any atom is 0.149 e. The van der Waals surface area contributed by atoms with E-state index in [-0.39, 0.29) is 0 Å². The number of alkyl halides is 2. The van der Waals surface area contributed by atoms with Crippen molar-refractivity contribution in [2.24, 2.45) is 11.8 Å². The van der Waals surface area contributed by atoms with Gasteiger partial charge in [-0.2, -0.15) is 0 Å². The van der Waals surface area contributed by atoms with Gasteiger partial charge in [-0.15, -0.1) is 0 Å². The molecule has 0 aromatic rings. The molecule has 0 saturated heterocycles. The van der Waals surface area contributed by atoms with Crippen LogP contribution in [0.15, 0.2) is 24.3 Å². The van der Waals surface area contributed by atoms with Crippen LogP contribution in [0, 0.1) is 11.8 Å². The third-order valence-electron chi connectivity index (χ3n) is 7.24. The number of rotatable bonds is 32. The molecule has 0 bridgehead atoms. The molecule has 0 aliphatic rings. The standard InChI is InChI=1S/C34H64I2O3/c1-3-21-33(23-17-13-9-5-7-11-15-19-27-35)25-29-37-31-39-32-38-30-26-34(22-4-2)24-18-14-10-6-8-12-16-20-28-36/h17-18,23-24,33-34H,3-16,19-22,25-32H2,1-2H3. The molecular weight excluding hydrogens is 710 g/mol. The van der Waals surface area contributed by atoms with Gasteiger partial charge in [0.05, 0.1) is 0 Å². The number of hydrogen-bond acceptors (Lipinski definition) is 3. The Morgan fingerprint density at radius 2 is 0.872 bits per heavy atom. The summed E-state index contributed by atoms with van der Waals surface area (Å²) in [6.45, 7) is 6.72. The van der Waals surface area contributed by atoms with Gasteiger partial charge in [0.1, 0.15) is 13.6 Å². The van der Waals surface area contributed by atoms with E-state index in [0.717, 1.165) is 26.1 Å². The van der Waals surface area contributed by atoms with Crippen molar-refractivity contribution in [1.82, 2.24) is 0 Å². The second-order valence-corrected chi connectivity index (χ2v) is 13.1. The van der Waals surface area contributed by atoms with E-state index >= 15 is 0 Å². The summed E-state index contributed by atoms with van der Waals surface area (Å²) in [6, 6.07) is 0. The molecule has 2 unspecified atom stereocenters. The Kier molecular flexibility index (Phi) is 35.8. The average Bonchev–Trinajstić information content (AvgIpc) is 2.94. The van der Waals surface area contributed by atoms with E-state index in [0.29, 0.717) is 25.4 Å². The van der Waals surface area contributed by atoms with Gasteiger partial charge in [-0.05, 0) is 84.9 Å². The summed E-state index contributed by atoms with van der Waals surface area (Å²) in [5.41, 5.74) is 0. The minimum atomic E-state index is 0.330. The molecule has 0 rings (SSSR count). The van der Waals surface area contributed by atoms with E-state index in [1.165, 1.54) is 124 Å². The van der Waals surface area contributed by atoms with Crippen molar-refractivity contribution in [3.05, 3.63) is 24.3 Å². The van der Waals surface area contributed by atoms with E-state index in [1.807, 2.05) is 0 Å². The highest BCUT2D eigenvalue weighted by atomic mass is 127. The van der Waals surface area contributed by atoms with Crippen molar-refractivity contribution in [3.63, 3.8) is 0 Å². The van der Waals surface area contributed by atoms with Crippen LogP contribution in [0.5, 0.6) is 0 Å². The molecule has 0 spiro atoms. The van der Waals surface area contributed by atoms with Gasteiger partial charge in [-0.1, -0.05) is 148 Å². The number of allylic oxidation sites excluding steroid dienone is 4. The van der Waals surface area contributed by atoms with Gasteiger partial charge < -0.3 is 14.2 Å². The number of hydrogen-bond donors (Lipinski definition) is 0. The quantitative estimate of drug-likeness (QED) is 0.0224. The van der Waals surface area contributed by atoms with Crippen LogP contribution in [0.25, 0.3) is 0 Å². The zero-order valence-corrected chi connectivity index (χ0v) is 30.1. The molecule has 5 heteroatoms. The van der Waals surface area contributed by atoms with E-state index in [1.54, 1.807) is 0 Å². The summed E-state index contributed by atoms with van der Waals surface area (Å²) >= 11 is 4.96. The maximum atomic E-state index is 5.73. The van der Waals surface area contributed by atoms with Crippen molar-refractivity contribution in [1.29, 1.82) is 0 Å². The molecule has 0 saturated carbocycles. The molecule has 0 radical (unpaired) electrons. The van der Waals surface area contributed by atoms with Gasteiger partial charge in [-0.25, -0.2) is 0 Å². The summed E-state index contributed by atoms with van der Waals surface area (Å²) in [5, 5.41) is 0. The topological polar surface area (TPSA) is 27.7 Å². The molecular formula is C34H64I2O3. The lowest BCUT2D eigenvalue weighted by molar-refractivity contribution is -0.132. The first kappa shape index (κ1) is 39.8. The van der Waals surface area contributed by atoms with E-state index in [2.05, 4.69) is 83.3 Å². The first-order chi connectivity index (χ1) is 19.3. The third-order valence-corrected chi connectivity index (χ3v) is 8.77. The molecule has 0 fully saturated rings. The van der Waals surface area contributed by atoms with Crippen LogP contribution in [-0.4, -0.2) is 35.7 Å². The number of halogens is 2. The van der Waals surface area contributed by atoms with Crippen LogP contribution in [-0.2, 0) is 14.2 Å². The van der Waals surface area contributed by atoms with Gasteiger partial charge in [0.2, 0.25) is 0 Å². The summed E-state index contributed by atoms with van der Waals surface area (Å²) in [7, 11) is 0. The first-order valence-corrected chi connectivity index (χ1v) is 19.5. The van der Waals surface area contributed by atoms with Crippen molar-refractivity contribution in [3.8, 4) is 0 Å². The minimum absolute atomic E-state index is 0.330. The van der Waals surface area contributed by atoms with Crippen LogP contribution < -0.4 is 0 Å². The fourth-order valence-electron chi connectivity index (χ4n) is 4.86. The van der Waals surface area contributed by atoms with Crippen LogP contribution in [0.3, 0.4) is 0 Å². The zero-order valence-electron chi connectivity index (χ0n) is 25.8. The largest absolute Gasteiger partial charge is 0.355 e. The molecule has 39 heavy (non-hydrogen) atoms. The van der Waals surface area contributed by atoms with Crippen molar-refractivity contribution in [2.45, 2.75) is 142 Å². The van der Waals surface area contributed by atoms with Crippen LogP contribution in [0.4, 0.5) is 0 Å². The highest BCUT2D eigenvalue weighted by molar-refractivity contribution is 14.1. The SMILES string of the molecule is CCCC(C=CCCCCCCCCI)CCOCOCOCCC(C=CCCCCCCCCI)CCC. The smallest absolute Gasteiger partial charge is 0.149 e. The second kappa shape index (κ2) is 35.0. The van der Waals surface area contributed by atoms with E-state index in [9.17, 15) is 0 Å². The summed E-state index contributed by atoms with van der Waals surface area (Å²) in [5.74, 6) is 1.26. The van der Waals surface area contributed by atoms with Gasteiger partial charge in [0, 0.05) is 13.2 Å². The highest BCUT2D eigenvalue weighted by Gasteiger charge is 2.05. The summed E-state index contributed by atoms with van der Waals surface area (Å²) < 4.78 is 19.6. The molecule has 0 aromatic heterocycles. The highest BCUT2D eigenvalue weighted by Crippen LogP contribution is 2.16. The molecule has 0 amide bonds. The maximum absolute atomic E-state index is 5.73. The molecule has 0 aliphatic carbocycles. The Balaban J connectivity index is 3.75. The molecule has 2 atom stereocenters. The Bertz CT molecular complexity index is 469. The minimum Gasteiger partial charge on any atom is -0.355 e. The Morgan fingerprint density at radius 1 is 0.487 bits per heavy atom. The fraction of sp³-hybridized carbons (Fsp3) is 0.882. The third kappa shape index (κ3) is 31.6. The Labute approximate surface area is 271 Å². The van der Waals surface area contributed by atoms with Gasteiger partial charge in [0.15, 0.2) is 0 Å². The van der Waals surface area contributed by atoms with E-state index < -0.39 is 0 Å².